The van der Waals surface area contributed by atoms with Crippen molar-refractivity contribution in [2.45, 2.75) is 0 Å². The molecular formula is C14H11ClN2O2. The lowest BCUT2D eigenvalue weighted by atomic mass is 10.2. The smallest absolute Gasteiger partial charge is 0.169 e. The van der Waals surface area contributed by atoms with Crippen molar-refractivity contribution in [2.75, 3.05) is 12.8 Å². The molecule has 0 spiro atoms. The maximum Gasteiger partial charge on any atom is 0.169 e. The predicted molar refractivity (Wildman–Crippen MR) is 73.6 cm³/mol. The summed E-state index contributed by atoms with van der Waals surface area (Å²) in [5, 5.41) is 9.52. The number of anilines is 1. The van der Waals surface area contributed by atoms with Crippen molar-refractivity contribution in [3.63, 3.8) is 0 Å². The fourth-order valence-corrected chi connectivity index (χ4v) is 1.72. The van der Waals surface area contributed by atoms with Gasteiger partial charge in [0.2, 0.25) is 0 Å². The van der Waals surface area contributed by atoms with E-state index in [1.54, 1.807) is 36.4 Å². The molecule has 2 N–H and O–H groups in total. The van der Waals surface area contributed by atoms with E-state index in [0.717, 1.165) is 0 Å². The molecule has 0 aliphatic carbocycles. The van der Waals surface area contributed by atoms with Crippen molar-refractivity contribution < 1.29 is 9.47 Å². The lowest BCUT2D eigenvalue weighted by Gasteiger charge is -2.12. The third kappa shape index (κ3) is 2.90. The lowest BCUT2D eigenvalue weighted by Crippen LogP contribution is -1.94. The van der Waals surface area contributed by atoms with Crippen LogP contribution in [0.25, 0.3) is 0 Å². The molecule has 0 amide bonds. The van der Waals surface area contributed by atoms with Crippen LogP contribution in [0, 0.1) is 11.3 Å². The van der Waals surface area contributed by atoms with E-state index in [2.05, 4.69) is 0 Å². The van der Waals surface area contributed by atoms with Gasteiger partial charge in [-0.05, 0) is 24.3 Å². The van der Waals surface area contributed by atoms with Gasteiger partial charge in [-0.3, -0.25) is 0 Å². The second kappa shape index (κ2) is 5.51. The average molecular weight is 275 g/mol. The van der Waals surface area contributed by atoms with Crippen LogP contribution in [-0.2, 0) is 0 Å². The first-order valence-electron chi connectivity index (χ1n) is 5.45. The molecule has 0 aliphatic heterocycles. The normalized spacial score (nSPS) is 9.74. The number of nitrogen functional groups attached to an aromatic ring is 1. The molecule has 4 nitrogen and oxygen atoms in total. The van der Waals surface area contributed by atoms with Crippen molar-refractivity contribution in [2.24, 2.45) is 0 Å². The largest absolute Gasteiger partial charge is 0.493 e. The van der Waals surface area contributed by atoms with E-state index >= 15 is 0 Å². The molecule has 0 saturated heterocycles. The Kier molecular flexibility index (Phi) is 3.79. The Balaban J connectivity index is 2.41. The van der Waals surface area contributed by atoms with Gasteiger partial charge >= 0.3 is 0 Å². The van der Waals surface area contributed by atoms with Gasteiger partial charge < -0.3 is 15.2 Å². The van der Waals surface area contributed by atoms with E-state index in [-0.39, 0.29) is 0 Å². The van der Waals surface area contributed by atoms with Gasteiger partial charge in [-0.25, -0.2) is 0 Å². The topological polar surface area (TPSA) is 68.3 Å². The Morgan fingerprint density at radius 2 is 1.89 bits per heavy atom. The maximum absolute atomic E-state index is 9.03. The minimum absolute atomic E-state index is 0.373. The number of nitrogens with two attached hydrogens (primary N) is 1. The highest BCUT2D eigenvalue weighted by Gasteiger charge is 2.10. The van der Waals surface area contributed by atoms with Gasteiger partial charge in [-0.2, -0.15) is 5.26 Å². The number of methoxy groups -OCH3 is 1. The average Bonchev–Trinajstić information content (AvgIpc) is 2.41. The molecule has 0 atom stereocenters. The Hall–Kier alpha value is -2.38. The summed E-state index contributed by atoms with van der Waals surface area (Å²) in [6, 6.07) is 11.9. The molecule has 0 fully saturated rings. The van der Waals surface area contributed by atoms with E-state index < -0.39 is 0 Å². The van der Waals surface area contributed by atoms with Crippen LogP contribution in [0.2, 0.25) is 5.02 Å². The maximum atomic E-state index is 9.03. The molecule has 2 aromatic carbocycles. The standard InChI is InChI=1S/C14H11ClN2O2/c1-18-14-7-11(17)4-5-12(14)19-13-6-10(15)3-2-9(13)8-16/h2-7H,17H2,1H3. The number of rotatable bonds is 3. The van der Waals surface area contributed by atoms with Crippen molar-refractivity contribution in [1.82, 2.24) is 0 Å². The van der Waals surface area contributed by atoms with Crippen LogP contribution in [-0.4, -0.2) is 7.11 Å². The molecule has 0 aromatic heterocycles. The van der Waals surface area contributed by atoms with E-state index in [1.165, 1.54) is 7.11 Å². The van der Waals surface area contributed by atoms with Crippen molar-refractivity contribution >= 4 is 17.3 Å². The molecule has 0 heterocycles. The zero-order chi connectivity index (χ0) is 13.8. The molecule has 19 heavy (non-hydrogen) atoms. The number of nitriles is 1. The molecule has 2 rings (SSSR count). The second-order valence-electron chi connectivity index (χ2n) is 3.76. The quantitative estimate of drug-likeness (QED) is 0.869. The first kappa shape index (κ1) is 13.1. The number of benzene rings is 2. The molecule has 0 aliphatic rings. The van der Waals surface area contributed by atoms with Crippen LogP contribution < -0.4 is 15.2 Å². The summed E-state index contributed by atoms with van der Waals surface area (Å²) < 4.78 is 10.9. The zero-order valence-electron chi connectivity index (χ0n) is 10.2. The number of ether oxygens (including phenoxy) is 2. The SMILES string of the molecule is COc1cc(N)ccc1Oc1cc(Cl)ccc1C#N. The summed E-state index contributed by atoms with van der Waals surface area (Å²) in [6.07, 6.45) is 0. The molecule has 0 radical (unpaired) electrons. The molecule has 0 saturated carbocycles. The summed E-state index contributed by atoms with van der Waals surface area (Å²) >= 11 is 5.90. The summed E-state index contributed by atoms with van der Waals surface area (Å²) in [4.78, 5) is 0. The first-order valence-corrected chi connectivity index (χ1v) is 5.83. The molecule has 5 heteroatoms. The Bertz CT molecular complexity index is 650. The van der Waals surface area contributed by atoms with Crippen LogP contribution in [0.15, 0.2) is 36.4 Å². The van der Waals surface area contributed by atoms with Gasteiger partial charge in [0.25, 0.3) is 0 Å². The van der Waals surface area contributed by atoms with Gasteiger partial charge in [0, 0.05) is 22.8 Å². The van der Waals surface area contributed by atoms with E-state index in [1.807, 2.05) is 6.07 Å². The molecular weight excluding hydrogens is 264 g/mol. The second-order valence-corrected chi connectivity index (χ2v) is 4.20. The van der Waals surface area contributed by atoms with Crippen LogP contribution in [0.3, 0.4) is 0 Å². The highest BCUT2D eigenvalue weighted by Crippen LogP contribution is 2.35. The van der Waals surface area contributed by atoms with Crippen molar-refractivity contribution in [3.05, 3.63) is 47.0 Å². The highest BCUT2D eigenvalue weighted by atomic mass is 35.5. The van der Waals surface area contributed by atoms with Crippen LogP contribution >= 0.6 is 11.6 Å². The number of hydrogen-bond donors (Lipinski definition) is 1. The van der Waals surface area contributed by atoms with E-state index in [9.17, 15) is 0 Å². The fraction of sp³-hybridized carbons (Fsp3) is 0.0714. The highest BCUT2D eigenvalue weighted by molar-refractivity contribution is 6.30. The lowest BCUT2D eigenvalue weighted by molar-refractivity contribution is 0.379. The Labute approximate surface area is 115 Å². The van der Waals surface area contributed by atoms with Gasteiger partial charge in [0.05, 0.1) is 12.7 Å². The number of halogens is 1. The van der Waals surface area contributed by atoms with Gasteiger partial charge in [-0.1, -0.05) is 11.6 Å². The minimum atomic E-state index is 0.373. The molecule has 96 valence electrons. The molecule has 0 unspecified atom stereocenters. The van der Waals surface area contributed by atoms with Crippen LogP contribution in [0.1, 0.15) is 5.56 Å². The Morgan fingerprint density at radius 1 is 1.11 bits per heavy atom. The van der Waals surface area contributed by atoms with Crippen LogP contribution in [0.5, 0.6) is 17.2 Å². The third-order valence-corrected chi connectivity index (χ3v) is 2.71. The first-order chi connectivity index (χ1) is 9.13. The Morgan fingerprint density at radius 3 is 2.58 bits per heavy atom. The summed E-state index contributed by atoms with van der Waals surface area (Å²) in [7, 11) is 1.52. The van der Waals surface area contributed by atoms with Crippen molar-refractivity contribution in [1.29, 1.82) is 5.26 Å². The van der Waals surface area contributed by atoms with E-state index in [4.69, 9.17) is 32.1 Å². The minimum Gasteiger partial charge on any atom is -0.493 e. The number of nitrogens with zero attached hydrogens (tertiary/aromatic N) is 1. The van der Waals surface area contributed by atoms with Gasteiger partial charge in [0.15, 0.2) is 11.5 Å². The third-order valence-electron chi connectivity index (χ3n) is 2.47. The molecule has 2 aromatic rings. The van der Waals surface area contributed by atoms with Crippen LogP contribution in [0.4, 0.5) is 5.69 Å². The summed E-state index contributed by atoms with van der Waals surface area (Å²) in [5.74, 6) is 1.33. The fourth-order valence-electron chi connectivity index (χ4n) is 1.56. The van der Waals surface area contributed by atoms with E-state index in [0.29, 0.717) is 33.5 Å². The summed E-state index contributed by atoms with van der Waals surface area (Å²) in [5.41, 5.74) is 6.63. The monoisotopic (exact) mass is 274 g/mol. The number of hydrogen-bond acceptors (Lipinski definition) is 4. The zero-order valence-corrected chi connectivity index (χ0v) is 10.9. The molecule has 0 bridgehead atoms. The van der Waals surface area contributed by atoms with Gasteiger partial charge in [-0.15, -0.1) is 0 Å². The van der Waals surface area contributed by atoms with Crippen molar-refractivity contribution in [3.8, 4) is 23.3 Å². The van der Waals surface area contributed by atoms with Gasteiger partial charge in [0.1, 0.15) is 11.8 Å². The summed E-state index contributed by atoms with van der Waals surface area (Å²) in [6.45, 7) is 0. The predicted octanol–water partition coefficient (Wildman–Crippen LogP) is 3.59.